The molecule has 1 amide bonds. The van der Waals surface area contributed by atoms with Crippen molar-refractivity contribution >= 4 is 11.7 Å². The van der Waals surface area contributed by atoms with E-state index < -0.39 is 5.69 Å². The van der Waals surface area contributed by atoms with Gasteiger partial charge in [-0.15, -0.1) is 0 Å². The van der Waals surface area contributed by atoms with Gasteiger partial charge in [-0.2, -0.15) is 0 Å². The summed E-state index contributed by atoms with van der Waals surface area (Å²) in [5.74, 6) is -0.253. The zero-order valence-corrected chi connectivity index (χ0v) is 16.9. The van der Waals surface area contributed by atoms with Crippen LogP contribution >= 0.6 is 0 Å². The number of hydrogen-bond donors (Lipinski definition) is 2. The first-order valence-electron chi connectivity index (χ1n) is 10.1. The van der Waals surface area contributed by atoms with Crippen LogP contribution in [0.3, 0.4) is 0 Å². The summed E-state index contributed by atoms with van der Waals surface area (Å²) in [5, 5.41) is 2.92. The molecule has 0 saturated carbocycles. The number of Topliss-reactive ketones (excluding diaryl/α,β-unsaturated/α-hetero) is 1. The van der Waals surface area contributed by atoms with Crippen molar-refractivity contribution in [2.45, 2.75) is 38.6 Å². The molecule has 3 aromatic rings. The minimum Gasteiger partial charge on any atom is -0.348 e. The summed E-state index contributed by atoms with van der Waals surface area (Å²) in [4.78, 5) is 41.9. The number of carbonyl (C=O) groups is 2. The predicted molar refractivity (Wildman–Crippen MR) is 116 cm³/mol. The van der Waals surface area contributed by atoms with Crippen molar-refractivity contribution in [3.05, 3.63) is 88.6 Å². The number of benzene rings is 2. The molecule has 2 aromatic carbocycles. The second kappa shape index (κ2) is 10.3. The van der Waals surface area contributed by atoms with E-state index in [-0.39, 0.29) is 29.7 Å². The van der Waals surface area contributed by atoms with Gasteiger partial charge in [-0.05, 0) is 29.5 Å². The Morgan fingerprint density at radius 3 is 2.37 bits per heavy atom. The maximum Gasteiger partial charge on any atom is 0.344 e. The highest BCUT2D eigenvalue weighted by atomic mass is 16.2. The van der Waals surface area contributed by atoms with E-state index in [0.29, 0.717) is 12.8 Å². The van der Waals surface area contributed by atoms with Crippen LogP contribution in [-0.4, -0.2) is 27.7 Å². The molecule has 1 heterocycles. The van der Waals surface area contributed by atoms with E-state index in [0.717, 1.165) is 23.1 Å². The third-order valence-electron chi connectivity index (χ3n) is 4.82. The number of aromatic amines is 1. The van der Waals surface area contributed by atoms with Crippen LogP contribution in [0.25, 0.3) is 11.1 Å². The Balaban J connectivity index is 1.73. The van der Waals surface area contributed by atoms with Crippen LogP contribution in [0.1, 0.15) is 42.1 Å². The van der Waals surface area contributed by atoms with E-state index in [4.69, 9.17) is 0 Å². The smallest absolute Gasteiger partial charge is 0.344 e. The van der Waals surface area contributed by atoms with E-state index in [1.165, 1.54) is 12.4 Å². The lowest BCUT2D eigenvalue weighted by atomic mass is 9.97. The Morgan fingerprint density at radius 2 is 1.73 bits per heavy atom. The normalized spacial score (nSPS) is 11.6. The molecular weight excluding hydrogens is 378 g/mol. The average Bonchev–Trinajstić information content (AvgIpc) is 2.75. The summed E-state index contributed by atoms with van der Waals surface area (Å²) in [5.41, 5.74) is 3.02. The molecule has 154 valence electrons. The molecule has 6 nitrogen and oxygen atoms in total. The highest BCUT2D eigenvalue weighted by Gasteiger charge is 2.18. The quantitative estimate of drug-likeness (QED) is 0.572. The fourth-order valence-corrected chi connectivity index (χ4v) is 3.31. The summed E-state index contributed by atoms with van der Waals surface area (Å²) in [6.45, 7) is 1.96. The number of aromatic nitrogens is 2. The fourth-order valence-electron chi connectivity index (χ4n) is 3.31. The highest BCUT2D eigenvalue weighted by molar-refractivity contribution is 5.94. The second-order valence-electron chi connectivity index (χ2n) is 7.24. The maximum atomic E-state index is 12.6. The molecule has 0 bridgehead atoms. The third kappa shape index (κ3) is 5.98. The highest BCUT2D eigenvalue weighted by Crippen LogP contribution is 2.20. The van der Waals surface area contributed by atoms with Gasteiger partial charge in [0.2, 0.25) is 0 Å². The molecule has 0 aliphatic heterocycles. The van der Waals surface area contributed by atoms with Crippen LogP contribution < -0.4 is 11.0 Å². The summed E-state index contributed by atoms with van der Waals surface area (Å²) in [6, 6.07) is 17.9. The van der Waals surface area contributed by atoms with Crippen molar-refractivity contribution in [3.63, 3.8) is 0 Å². The number of hydrogen-bond acceptors (Lipinski definition) is 4. The van der Waals surface area contributed by atoms with Gasteiger partial charge in [-0.3, -0.25) is 9.59 Å². The Kier molecular flexibility index (Phi) is 7.27. The van der Waals surface area contributed by atoms with Crippen molar-refractivity contribution in [2.24, 2.45) is 0 Å². The number of ketones is 1. The van der Waals surface area contributed by atoms with Gasteiger partial charge in [0, 0.05) is 31.3 Å². The monoisotopic (exact) mass is 403 g/mol. The fraction of sp³-hybridized carbons (Fsp3) is 0.250. The summed E-state index contributed by atoms with van der Waals surface area (Å²) in [6.07, 6.45) is 4.61. The summed E-state index contributed by atoms with van der Waals surface area (Å²) in [7, 11) is 0. The van der Waals surface area contributed by atoms with Crippen LogP contribution in [0.5, 0.6) is 0 Å². The van der Waals surface area contributed by atoms with E-state index in [1.54, 1.807) is 0 Å². The van der Waals surface area contributed by atoms with Crippen LogP contribution in [0.2, 0.25) is 0 Å². The average molecular weight is 403 g/mol. The van der Waals surface area contributed by atoms with Gasteiger partial charge in [0.1, 0.15) is 5.78 Å². The number of carbonyl (C=O) groups excluding carboxylic acids is 2. The van der Waals surface area contributed by atoms with Crippen molar-refractivity contribution < 1.29 is 9.59 Å². The molecule has 0 aliphatic rings. The lowest BCUT2D eigenvalue weighted by molar-refractivity contribution is -0.119. The first kappa shape index (κ1) is 21.2. The molecule has 0 saturated heterocycles. The number of amides is 1. The van der Waals surface area contributed by atoms with Gasteiger partial charge in [-0.25, -0.2) is 9.78 Å². The van der Waals surface area contributed by atoms with E-state index in [2.05, 4.69) is 27.4 Å². The predicted octanol–water partition coefficient (Wildman–Crippen LogP) is 3.54. The van der Waals surface area contributed by atoms with Crippen LogP contribution in [0, 0.1) is 0 Å². The lowest BCUT2D eigenvalue weighted by Gasteiger charge is -2.18. The Bertz CT molecular complexity index is 1020. The van der Waals surface area contributed by atoms with E-state index in [1.807, 2.05) is 49.4 Å². The SMILES string of the molecule is CCCC(=O)C[C@@H](Cc1ccc(-c2ccccc2)cc1)NC(=O)c1cnc(=O)[nH]c1. The molecule has 0 aliphatic carbocycles. The minimum atomic E-state index is -0.514. The van der Waals surface area contributed by atoms with Crippen LogP contribution in [-0.2, 0) is 11.2 Å². The number of nitrogens with one attached hydrogen (secondary N) is 2. The zero-order chi connectivity index (χ0) is 21.3. The molecule has 3 rings (SSSR count). The first-order valence-corrected chi connectivity index (χ1v) is 10.1. The third-order valence-corrected chi connectivity index (χ3v) is 4.82. The summed E-state index contributed by atoms with van der Waals surface area (Å²) >= 11 is 0. The van der Waals surface area contributed by atoms with Gasteiger partial charge in [0.05, 0.1) is 5.56 Å². The second-order valence-corrected chi connectivity index (χ2v) is 7.24. The topological polar surface area (TPSA) is 91.9 Å². The Morgan fingerprint density at radius 1 is 1.03 bits per heavy atom. The van der Waals surface area contributed by atoms with Crippen molar-refractivity contribution in [3.8, 4) is 11.1 Å². The first-order chi connectivity index (χ1) is 14.5. The lowest BCUT2D eigenvalue weighted by Crippen LogP contribution is -2.38. The molecule has 0 fully saturated rings. The molecule has 1 atom stereocenters. The molecule has 30 heavy (non-hydrogen) atoms. The molecule has 2 N–H and O–H groups in total. The molecule has 1 aromatic heterocycles. The number of H-pyrrole nitrogens is 1. The molecule has 0 spiro atoms. The molecule has 0 radical (unpaired) electrons. The van der Waals surface area contributed by atoms with E-state index >= 15 is 0 Å². The van der Waals surface area contributed by atoms with Crippen LogP contribution in [0.4, 0.5) is 0 Å². The number of nitrogens with zero attached hydrogens (tertiary/aromatic N) is 1. The largest absolute Gasteiger partial charge is 0.348 e. The van der Waals surface area contributed by atoms with Crippen LogP contribution in [0.15, 0.2) is 71.8 Å². The maximum absolute atomic E-state index is 12.6. The van der Waals surface area contributed by atoms with Crippen molar-refractivity contribution in [2.75, 3.05) is 0 Å². The van der Waals surface area contributed by atoms with E-state index in [9.17, 15) is 14.4 Å². The Hall–Kier alpha value is -3.54. The van der Waals surface area contributed by atoms with Gasteiger partial charge in [0.15, 0.2) is 0 Å². The number of rotatable bonds is 9. The van der Waals surface area contributed by atoms with Crippen molar-refractivity contribution in [1.82, 2.24) is 15.3 Å². The van der Waals surface area contributed by atoms with Gasteiger partial charge < -0.3 is 10.3 Å². The van der Waals surface area contributed by atoms with Gasteiger partial charge >= 0.3 is 5.69 Å². The standard InChI is InChI=1S/C24H25N3O3/c1-2-6-22(28)14-21(27-23(29)20-15-25-24(30)26-16-20)13-17-9-11-19(12-10-17)18-7-4-3-5-8-18/h3-5,7-12,15-16,21H,2,6,13-14H2,1H3,(H,27,29)(H,25,26,30)/t21-/m1/s1. The van der Waals surface area contributed by atoms with Gasteiger partial charge in [-0.1, -0.05) is 61.5 Å². The molecule has 0 unspecified atom stereocenters. The Labute approximate surface area is 175 Å². The van der Waals surface area contributed by atoms with Crippen molar-refractivity contribution in [1.29, 1.82) is 0 Å². The molecule has 6 heteroatoms. The molecular formula is C24H25N3O3. The summed E-state index contributed by atoms with van der Waals surface area (Å²) < 4.78 is 0. The zero-order valence-electron chi connectivity index (χ0n) is 16.9. The van der Waals surface area contributed by atoms with Gasteiger partial charge in [0.25, 0.3) is 5.91 Å². The minimum absolute atomic E-state index is 0.114.